The number of hydrogen-bond acceptors (Lipinski definition) is 2. The Kier molecular flexibility index (Phi) is 7.11. The third-order valence-corrected chi connectivity index (χ3v) is 4.00. The first kappa shape index (κ1) is 17.5. The molecule has 2 rings (SSSR count). The molecule has 1 unspecified atom stereocenters. The Bertz CT molecular complexity index is 583. The highest BCUT2D eigenvalue weighted by molar-refractivity contribution is 5.33. The summed E-state index contributed by atoms with van der Waals surface area (Å²) in [6, 6.07) is 16.7. The molecule has 0 aliphatic heterocycles. The summed E-state index contributed by atoms with van der Waals surface area (Å²) in [5.41, 5.74) is 3.91. The largest absolute Gasteiger partial charge is 0.491 e. The van der Waals surface area contributed by atoms with Crippen LogP contribution in [0.5, 0.6) is 5.75 Å². The molecule has 0 aromatic heterocycles. The Morgan fingerprint density at radius 3 is 2.39 bits per heavy atom. The van der Waals surface area contributed by atoms with Crippen LogP contribution in [0.15, 0.2) is 48.5 Å². The predicted molar refractivity (Wildman–Crippen MR) is 94.1 cm³/mol. The van der Waals surface area contributed by atoms with Crippen LogP contribution in [0.25, 0.3) is 0 Å². The molecule has 0 bridgehead atoms. The van der Waals surface area contributed by atoms with E-state index in [1.54, 1.807) is 0 Å². The Hall–Kier alpha value is -1.84. The number of benzene rings is 2. The second kappa shape index (κ2) is 9.33. The fourth-order valence-corrected chi connectivity index (χ4v) is 2.40. The summed E-state index contributed by atoms with van der Waals surface area (Å²) in [5.74, 6) is 0.920. The van der Waals surface area contributed by atoms with E-state index in [-0.39, 0.29) is 0 Å². The van der Waals surface area contributed by atoms with Crippen LogP contribution in [0.3, 0.4) is 0 Å². The minimum atomic E-state index is 0.597. The standard InChI is InChI=1S/C20H27NO2/c1-17-9-10-20(15-18(17)2)23-14-13-22-12-11-21(3)16-19-7-5-4-6-8-19/h4-10,15H,11-14,16H2,1-3H3/p+1. The summed E-state index contributed by atoms with van der Waals surface area (Å²) >= 11 is 0. The van der Waals surface area contributed by atoms with Crippen LogP contribution in [0, 0.1) is 13.8 Å². The van der Waals surface area contributed by atoms with E-state index < -0.39 is 0 Å². The van der Waals surface area contributed by atoms with Gasteiger partial charge in [-0.1, -0.05) is 36.4 Å². The number of aryl methyl sites for hydroxylation is 2. The SMILES string of the molecule is Cc1ccc(OCCOCC[NH+](C)Cc2ccccc2)cc1C. The van der Waals surface area contributed by atoms with Crippen LogP contribution >= 0.6 is 0 Å². The fraction of sp³-hybridized carbons (Fsp3) is 0.400. The van der Waals surface area contributed by atoms with E-state index in [4.69, 9.17) is 9.47 Å². The number of likely N-dealkylation sites (N-methyl/N-ethyl adjacent to an activating group) is 1. The van der Waals surface area contributed by atoms with Crippen molar-refractivity contribution >= 4 is 0 Å². The molecular formula is C20H28NO2+. The zero-order chi connectivity index (χ0) is 16.5. The fourth-order valence-electron chi connectivity index (χ4n) is 2.40. The van der Waals surface area contributed by atoms with Gasteiger partial charge < -0.3 is 14.4 Å². The summed E-state index contributed by atoms with van der Waals surface area (Å²) in [6.45, 7) is 8.23. The van der Waals surface area contributed by atoms with Gasteiger partial charge in [0.1, 0.15) is 25.4 Å². The topological polar surface area (TPSA) is 22.9 Å². The second-order valence-electron chi connectivity index (χ2n) is 6.08. The number of ether oxygens (including phenoxy) is 2. The lowest BCUT2D eigenvalue weighted by Gasteiger charge is -2.14. The van der Waals surface area contributed by atoms with Gasteiger partial charge in [-0.3, -0.25) is 0 Å². The van der Waals surface area contributed by atoms with Crippen molar-refractivity contribution in [1.29, 1.82) is 0 Å². The molecular weight excluding hydrogens is 286 g/mol. The van der Waals surface area contributed by atoms with E-state index in [1.165, 1.54) is 21.6 Å². The molecule has 23 heavy (non-hydrogen) atoms. The first-order chi connectivity index (χ1) is 11.1. The molecule has 0 heterocycles. The van der Waals surface area contributed by atoms with Gasteiger partial charge in [0, 0.05) is 5.56 Å². The van der Waals surface area contributed by atoms with Crippen molar-refractivity contribution in [2.24, 2.45) is 0 Å². The number of quaternary nitrogens is 1. The average molecular weight is 314 g/mol. The molecule has 2 aromatic rings. The molecule has 0 saturated heterocycles. The van der Waals surface area contributed by atoms with Gasteiger partial charge in [-0.15, -0.1) is 0 Å². The van der Waals surface area contributed by atoms with Crippen molar-refractivity contribution in [2.75, 3.05) is 33.4 Å². The Balaban J connectivity index is 1.56. The summed E-state index contributed by atoms with van der Waals surface area (Å²) in [6.07, 6.45) is 0. The molecule has 0 fully saturated rings. The summed E-state index contributed by atoms with van der Waals surface area (Å²) < 4.78 is 11.4. The van der Waals surface area contributed by atoms with Crippen molar-refractivity contribution < 1.29 is 14.4 Å². The van der Waals surface area contributed by atoms with Crippen molar-refractivity contribution in [1.82, 2.24) is 0 Å². The Labute approximate surface area is 139 Å². The van der Waals surface area contributed by atoms with Crippen LogP contribution in [0.2, 0.25) is 0 Å². The lowest BCUT2D eigenvalue weighted by atomic mass is 10.1. The molecule has 0 saturated carbocycles. The highest BCUT2D eigenvalue weighted by atomic mass is 16.5. The van der Waals surface area contributed by atoms with Crippen LogP contribution in [-0.2, 0) is 11.3 Å². The summed E-state index contributed by atoms with van der Waals surface area (Å²) in [4.78, 5) is 1.45. The van der Waals surface area contributed by atoms with Gasteiger partial charge in [-0.25, -0.2) is 0 Å². The van der Waals surface area contributed by atoms with E-state index >= 15 is 0 Å². The smallest absolute Gasteiger partial charge is 0.119 e. The van der Waals surface area contributed by atoms with Crippen LogP contribution < -0.4 is 9.64 Å². The lowest BCUT2D eigenvalue weighted by molar-refractivity contribution is -0.894. The van der Waals surface area contributed by atoms with Gasteiger partial charge in [-0.05, 0) is 37.1 Å². The Morgan fingerprint density at radius 1 is 0.870 bits per heavy atom. The molecule has 1 N–H and O–H groups in total. The third kappa shape index (κ3) is 6.43. The maximum absolute atomic E-state index is 5.71. The highest BCUT2D eigenvalue weighted by Gasteiger charge is 2.03. The van der Waals surface area contributed by atoms with Crippen LogP contribution in [-0.4, -0.2) is 33.4 Å². The maximum Gasteiger partial charge on any atom is 0.119 e. The molecule has 2 aromatic carbocycles. The second-order valence-corrected chi connectivity index (χ2v) is 6.08. The van der Waals surface area contributed by atoms with Gasteiger partial charge in [0.05, 0.1) is 20.3 Å². The molecule has 0 aliphatic rings. The van der Waals surface area contributed by atoms with Gasteiger partial charge in [0.15, 0.2) is 0 Å². The van der Waals surface area contributed by atoms with Crippen molar-refractivity contribution in [3.63, 3.8) is 0 Å². The zero-order valence-electron chi connectivity index (χ0n) is 14.5. The van der Waals surface area contributed by atoms with Crippen LogP contribution in [0.1, 0.15) is 16.7 Å². The molecule has 1 atom stereocenters. The van der Waals surface area contributed by atoms with Gasteiger partial charge in [-0.2, -0.15) is 0 Å². The molecule has 0 spiro atoms. The normalized spacial score (nSPS) is 12.1. The minimum absolute atomic E-state index is 0.597. The quantitative estimate of drug-likeness (QED) is 0.718. The van der Waals surface area contributed by atoms with Gasteiger partial charge >= 0.3 is 0 Å². The van der Waals surface area contributed by atoms with Crippen molar-refractivity contribution in [3.8, 4) is 5.75 Å². The average Bonchev–Trinajstić information content (AvgIpc) is 2.55. The minimum Gasteiger partial charge on any atom is -0.491 e. The monoisotopic (exact) mass is 314 g/mol. The molecule has 0 amide bonds. The first-order valence-corrected chi connectivity index (χ1v) is 8.28. The van der Waals surface area contributed by atoms with Crippen LogP contribution in [0.4, 0.5) is 0 Å². The van der Waals surface area contributed by atoms with Crippen molar-refractivity contribution in [3.05, 3.63) is 65.2 Å². The first-order valence-electron chi connectivity index (χ1n) is 8.28. The van der Waals surface area contributed by atoms with E-state index in [0.29, 0.717) is 13.2 Å². The highest BCUT2D eigenvalue weighted by Crippen LogP contribution is 2.16. The van der Waals surface area contributed by atoms with E-state index in [1.807, 2.05) is 6.07 Å². The zero-order valence-corrected chi connectivity index (χ0v) is 14.5. The lowest BCUT2D eigenvalue weighted by Crippen LogP contribution is -3.08. The van der Waals surface area contributed by atoms with E-state index in [0.717, 1.165) is 25.4 Å². The Morgan fingerprint density at radius 2 is 1.65 bits per heavy atom. The number of hydrogen-bond donors (Lipinski definition) is 1. The third-order valence-electron chi connectivity index (χ3n) is 4.00. The summed E-state index contributed by atoms with van der Waals surface area (Å²) in [7, 11) is 2.20. The van der Waals surface area contributed by atoms with Gasteiger partial charge in [0.2, 0.25) is 0 Å². The molecule has 0 aliphatic carbocycles. The predicted octanol–water partition coefficient (Wildman–Crippen LogP) is 2.41. The maximum atomic E-state index is 5.71. The molecule has 3 nitrogen and oxygen atoms in total. The summed E-state index contributed by atoms with van der Waals surface area (Å²) in [5, 5.41) is 0. The number of nitrogens with one attached hydrogen (secondary N) is 1. The van der Waals surface area contributed by atoms with Crippen molar-refractivity contribution in [2.45, 2.75) is 20.4 Å². The van der Waals surface area contributed by atoms with E-state index in [2.05, 4.69) is 63.4 Å². The van der Waals surface area contributed by atoms with Gasteiger partial charge in [0.25, 0.3) is 0 Å². The van der Waals surface area contributed by atoms with E-state index in [9.17, 15) is 0 Å². The molecule has 124 valence electrons. The molecule has 0 radical (unpaired) electrons. The molecule has 3 heteroatoms. The number of rotatable bonds is 9.